The van der Waals surface area contributed by atoms with Crippen LogP contribution >= 0.6 is 0 Å². The minimum atomic E-state index is 0.207. The average molecular weight is 328 g/mol. The molecular formula is C22H32O2. The Morgan fingerprint density at radius 1 is 1.08 bits per heavy atom. The molecule has 4 aliphatic rings. The molecule has 3 fully saturated rings. The standard InChI is InChI=1S/C22H32O2/c1-14(13-23)18-6-7-19-17-5-4-15-12-16(24)8-10-21(15,2)20(17)9-11-22(18,19)3/h12-14,17-20H,4-11H2,1-3H3/t14-,17+,18-,19+,20+,21-,22-/m0/s1. The molecule has 0 aromatic rings. The Bertz CT molecular complexity index is 591. The van der Waals surface area contributed by atoms with Gasteiger partial charge in [0.2, 0.25) is 0 Å². The van der Waals surface area contributed by atoms with Gasteiger partial charge in [-0.05, 0) is 85.5 Å². The molecule has 0 heterocycles. The van der Waals surface area contributed by atoms with Crippen LogP contribution in [0.15, 0.2) is 11.6 Å². The Balaban J connectivity index is 1.65. The number of carbonyl (C=O) groups is 2. The Labute approximate surface area is 146 Å². The molecule has 0 aliphatic heterocycles. The molecule has 132 valence electrons. The van der Waals surface area contributed by atoms with Gasteiger partial charge < -0.3 is 4.79 Å². The lowest BCUT2D eigenvalue weighted by Crippen LogP contribution is -2.51. The summed E-state index contributed by atoms with van der Waals surface area (Å²) in [5.74, 6) is 3.50. The molecular weight excluding hydrogens is 296 g/mol. The van der Waals surface area contributed by atoms with E-state index >= 15 is 0 Å². The fourth-order valence-corrected chi connectivity index (χ4v) is 7.56. The van der Waals surface area contributed by atoms with Crippen LogP contribution in [0.4, 0.5) is 0 Å². The lowest BCUT2D eigenvalue weighted by molar-refractivity contribution is -0.118. The van der Waals surface area contributed by atoms with Crippen LogP contribution in [-0.2, 0) is 9.59 Å². The number of ketones is 1. The molecule has 24 heavy (non-hydrogen) atoms. The summed E-state index contributed by atoms with van der Waals surface area (Å²) in [6, 6.07) is 0. The largest absolute Gasteiger partial charge is 0.303 e. The number of hydrogen-bond donors (Lipinski definition) is 0. The van der Waals surface area contributed by atoms with Crippen LogP contribution < -0.4 is 0 Å². The summed E-state index contributed by atoms with van der Waals surface area (Å²) in [6.07, 6.45) is 12.5. The van der Waals surface area contributed by atoms with E-state index in [0.29, 0.717) is 17.1 Å². The third kappa shape index (κ3) is 2.14. The minimum Gasteiger partial charge on any atom is -0.303 e. The van der Waals surface area contributed by atoms with Crippen LogP contribution in [0, 0.1) is 40.4 Å². The first-order chi connectivity index (χ1) is 11.4. The van der Waals surface area contributed by atoms with Gasteiger partial charge in [-0.1, -0.05) is 26.3 Å². The van der Waals surface area contributed by atoms with Crippen LogP contribution in [0.3, 0.4) is 0 Å². The second kappa shape index (κ2) is 5.54. The number of carbonyl (C=O) groups excluding carboxylic acids is 2. The van der Waals surface area contributed by atoms with E-state index in [9.17, 15) is 9.59 Å². The first-order valence-electron chi connectivity index (χ1n) is 10.1. The van der Waals surface area contributed by atoms with E-state index in [1.54, 1.807) is 0 Å². The zero-order valence-corrected chi connectivity index (χ0v) is 15.5. The zero-order valence-electron chi connectivity index (χ0n) is 15.5. The maximum Gasteiger partial charge on any atom is 0.155 e. The fourth-order valence-electron chi connectivity index (χ4n) is 7.56. The van der Waals surface area contributed by atoms with Gasteiger partial charge in [-0.2, -0.15) is 0 Å². The van der Waals surface area contributed by atoms with Crippen LogP contribution in [0.2, 0.25) is 0 Å². The molecule has 2 heteroatoms. The molecule has 0 amide bonds. The molecule has 0 bridgehead atoms. The SMILES string of the molecule is C[C@@H](C=O)[C@@H]1CC[C@@H]2[C@H]3CCC4=CC(=O)CC[C@]4(C)[C@@H]3CC[C@]21C. The fraction of sp³-hybridized carbons (Fsp3) is 0.818. The quantitative estimate of drug-likeness (QED) is 0.671. The monoisotopic (exact) mass is 328 g/mol. The zero-order chi connectivity index (χ0) is 17.1. The maximum absolute atomic E-state index is 11.9. The molecule has 0 unspecified atom stereocenters. The summed E-state index contributed by atoms with van der Waals surface area (Å²) >= 11 is 0. The first kappa shape index (κ1) is 16.5. The first-order valence-corrected chi connectivity index (χ1v) is 10.1. The van der Waals surface area contributed by atoms with Crippen molar-refractivity contribution in [3.05, 3.63) is 11.6 Å². The van der Waals surface area contributed by atoms with E-state index in [2.05, 4.69) is 20.8 Å². The predicted octanol–water partition coefficient (Wildman–Crippen LogP) is 4.97. The lowest BCUT2D eigenvalue weighted by atomic mass is 9.46. The van der Waals surface area contributed by atoms with Gasteiger partial charge in [0.25, 0.3) is 0 Å². The topological polar surface area (TPSA) is 34.1 Å². The number of hydrogen-bond acceptors (Lipinski definition) is 2. The number of aldehydes is 1. The third-order valence-electron chi connectivity index (χ3n) is 8.88. The number of fused-ring (bicyclic) bond motifs is 5. The van der Waals surface area contributed by atoms with E-state index in [1.165, 1.54) is 44.0 Å². The molecule has 7 atom stereocenters. The van der Waals surface area contributed by atoms with E-state index in [4.69, 9.17) is 0 Å². The van der Waals surface area contributed by atoms with Gasteiger partial charge in [0, 0.05) is 12.3 Å². The van der Waals surface area contributed by atoms with Gasteiger partial charge in [-0.15, -0.1) is 0 Å². The van der Waals surface area contributed by atoms with E-state index < -0.39 is 0 Å². The molecule has 2 nitrogen and oxygen atoms in total. The smallest absolute Gasteiger partial charge is 0.155 e. The van der Waals surface area contributed by atoms with Gasteiger partial charge in [0.1, 0.15) is 6.29 Å². The Morgan fingerprint density at radius 3 is 2.62 bits per heavy atom. The van der Waals surface area contributed by atoms with E-state index in [0.717, 1.165) is 37.0 Å². The Kier molecular flexibility index (Phi) is 3.82. The highest BCUT2D eigenvalue weighted by Gasteiger charge is 2.59. The number of rotatable bonds is 2. The minimum absolute atomic E-state index is 0.207. The lowest BCUT2D eigenvalue weighted by Gasteiger charge is -2.58. The van der Waals surface area contributed by atoms with Crippen molar-refractivity contribution >= 4 is 12.1 Å². The van der Waals surface area contributed by atoms with Crippen molar-refractivity contribution in [3.8, 4) is 0 Å². The summed E-state index contributed by atoms with van der Waals surface area (Å²) in [7, 11) is 0. The summed E-state index contributed by atoms with van der Waals surface area (Å²) in [6.45, 7) is 7.07. The van der Waals surface area contributed by atoms with Crippen molar-refractivity contribution in [2.24, 2.45) is 40.4 Å². The van der Waals surface area contributed by atoms with E-state index in [1.807, 2.05) is 6.08 Å². The number of allylic oxidation sites excluding steroid dienone is 1. The van der Waals surface area contributed by atoms with E-state index in [-0.39, 0.29) is 11.3 Å². The van der Waals surface area contributed by atoms with Crippen molar-refractivity contribution < 1.29 is 9.59 Å². The highest BCUT2D eigenvalue weighted by molar-refractivity contribution is 5.91. The molecule has 3 saturated carbocycles. The highest BCUT2D eigenvalue weighted by Crippen LogP contribution is 2.67. The van der Waals surface area contributed by atoms with Gasteiger partial charge >= 0.3 is 0 Å². The normalized spacial score (nSPS) is 48.8. The van der Waals surface area contributed by atoms with Crippen molar-refractivity contribution in [3.63, 3.8) is 0 Å². The van der Waals surface area contributed by atoms with Crippen LogP contribution in [-0.4, -0.2) is 12.1 Å². The molecule has 0 saturated heterocycles. The van der Waals surface area contributed by atoms with Gasteiger partial charge in [-0.25, -0.2) is 0 Å². The summed E-state index contributed by atoms with van der Waals surface area (Å²) in [5.41, 5.74) is 2.09. The van der Waals surface area contributed by atoms with Gasteiger partial charge in [0.05, 0.1) is 0 Å². The molecule has 0 aromatic carbocycles. The van der Waals surface area contributed by atoms with Crippen LogP contribution in [0.1, 0.15) is 72.1 Å². The highest BCUT2D eigenvalue weighted by atomic mass is 16.1. The van der Waals surface area contributed by atoms with Crippen molar-refractivity contribution in [1.29, 1.82) is 0 Å². The van der Waals surface area contributed by atoms with Gasteiger partial charge in [0.15, 0.2) is 5.78 Å². The van der Waals surface area contributed by atoms with Crippen LogP contribution in [0.25, 0.3) is 0 Å². The summed E-state index contributed by atoms with van der Waals surface area (Å²) < 4.78 is 0. The Morgan fingerprint density at radius 2 is 1.88 bits per heavy atom. The molecule has 0 N–H and O–H groups in total. The van der Waals surface area contributed by atoms with Crippen molar-refractivity contribution in [2.45, 2.75) is 72.1 Å². The maximum atomic E-state index is 11.9. The average Bonchev–Trinajstić information content (AvgIpc) is 2.92. The Hall–Kier alpha value is -0.920. The molecule has 4 aliphatic carbocycles. The third-order valence-corrected chi connectivity index (χ3v) is 8.88. The predicted molar refractivity (Wildman–Crippen MR) is 95.4 cm³/mol. The van der Waals surface area contributed by atoms with Crippen molar-refractivity contribution in [2.75, 3.05) is 0 Å². The molecule has 0 radical (unpaired) electrons. The second-order valence-corrected chi connectivity index (χ2v) is 9.69. The molecule has 0 aromatic heterocycles. The summed E-state index contributed by atoms with van der Waals surface area (Å²) in [5, 5.41) is 0. The molecule has 4 rings (SSSR count). The van der Waals surface area contributed by atoms with Crippen molar-refractivity contribution in [1.82, 2.24) is 0 Å². The van der Waals surface area contributed by atoms with Gasteiger partial charge in [-0.3, -0.25) is 4.79 Å². The van der Waals surface area contributed by atoms with Crippen LogP contribution in [0.5, 0.6) is 0 Å². The molecule has 0 spiro atoms. The summed E-state index contributed by atoms with van der Waals surface area (Å²) in [4.78, 5) is 23.3. The second-order valence-electron chi connectivity index (χ2n) is 9.69.